The number of amides is 3. The van der Waals surface area contributed by atoms with Gasteiger partial charge < -0.3 is 19.0 Å². The van der Waals surface area contributed by atoms with Gasteiger partial charge in [0.05, 0.1) is 6.54 Å². The van der Waals surface area contributed by atoms with Gasteiger partial charge in [-0.3, -0.25) is 19.7 Å². The van der Waals surface area contributed by atoms with E-state index >= 15 is 0 Å². The SMILES string of the molecule is O=CC1CCN(c2ccc3c4c(oc3c2)C(=O)N(C2CCC(=O)NC2=O)C4)C1. The lowest BCUT2D eigenvalue weighted by Gasteiger charge is -2.29. The van der Waals surface area contributed by atoms with Crippen molar-refractivity contribution in [1.82, 2.24) is 10.2 Å². The third-order valence-corrected chi connectivity index (χ3v) is 5.93. The van der Waals surface area contributed by atoms with Crippen LogP contribution in [-0.4, -0.2) is 48.0 Å². The number of hydrogen-bond donors (Lipinski definition) is 1. The van der Waals surface area contributed by atoms with E-state index in [9.17, 15) is 19.2 Å². The van der Waals surface area contributed by atoms with Gasteiger partial charge in [0.15, 0.2) is 5.76 Å². The van der Waals surface area contributed by atoms with Crippen LogP contribution in [0.25, 0.3) is 11.0 Å². The Bertz CT molecular complexity index is 1030. The number of nitrogens with one attached hydrogen (secondary N) is 1. The van der Waals surface area contributed by atoms with E-state index in [2.05, 4.69) is 10.2 Å². The number of carbonyl (C=O) groups is 4. The fourth-order valence-electron chi connectivity index (χ4n) is 4.40. The summed E-state index contributed by atoms with van der Waals surface area (Å²) in [5, 5.41) is 3.15. The van der Waals surface area contributed by atoms with Gasteiger partial charge in [-0.1, -0.05) is 0 Å². The third kappa shape index (κ3) is 2.51. The first-order valence-electron chi connectivity index (χ1n) is 9.45. The Balaban J connectivity index is 1.42. The van der Waals surface area contributed by atoms with Crippen molar-refractivity contribution < 1.29 is 23.6 Å². The number of nitrogens with zero attached hydrogens (tertiary/aromatic N) is 2. The molecule has 0 spiro atoms. The highest BCUT2D eigenvalue weighted by atomic mass is 16.3. The second kappa shape index (κ2) is 6.19. The number of furan rings is 1. The Morgan fingerprint density at radius 3 is 2.79 bits per heavy atom. The van der Waals surface area contributed by atoms with Gasteiger partial charge in [-0.2, -0.15) is 0 Å². The van der Waals surface area contributed by atoms with Gasteiger partial charge in [0.25, 0.3) is 5.91 Å². The van der Waals surface area contributed by atoms with Crippen molar-refractivity contribution in [2.24, 2.45) is 5.92 Å². The van der Waals surface area contributed by atoms with Crippen LogP contribution in [0.15, 0.2) is 22.6 Å². The van der Waals surface area contributed by atoms with Crippen molar-refractivity contribution in [1.29, 1.82) is 0 Å². The van der Waals surface area contributed by atoms with Crippen LogP contribution in [0.2, 0.25) is 0 Å². The molecule has 2 unspecified atom stereocenters. The number of piperidine rings is 1. The molecule has 3 amide bonds. The highest BCUT2D eigenvalue weighted by Gasteiger charge is 2.42. The summed E-state index contributed by atoms with van der Waals surface area (Å²) in [6.45, 7) is 1.80. The molecule has 0 aliphatic carbocycles. The standard InChI is InChI=1S/C20H19N3O5/c24-10-11-5-6-22(8-11)12-1-2-13-14-9-23(15-3-4-17(25)21-19(15)26)20(27)18(14)28-16(13)7-12/h1-2,7,10-11,15H,3-6,8-9H2,(H,21,25,26). The third-order valence-electron chi connectivity index (χ3n) is 5.93. The van der Waals surface area contributed by atoms with Crippen LogP contribution in [-0.2, 0) is 20.9 Å². The van der Waals surface area contributed by atoms with Crippen molar-refractivity contribution in [3.05, 3.63) is 29.5 Å². The summed E-state index contributed by atoms with van der Waals surface area (Å²) < 4.78 is 5.87. The van der Waals surface area contributed by atoms with Crippen LogP contribution >= 0.6 is 0 Å². The van der Waals surface area contributed by atoms with Gasteiger partial charge in [-0.25, -0.2) is 0 Å². The van der Waals surface area contributed by atoms with E-state index < -0.39 is 11.9 Å². The molecule has 3 aliphatic heterocycles. The van der Waals surface area contributed by atoms with Gasteiger partial charge in [0, 0.05) is 48.1 Å². The fourth-order valence-corrected chi connectivity index (χ4v) is 4.40. The molecule has 2 atom stereocenters. The zero-order valence-corrected chi connectivity index (χ0v) is 15.1. The molecule has 8 nitrogen and oxygen atoms in total. The predicted octanol–water partition coefficient (Wildman–Crippen LogP) is 1.22. The first kappa shape index (κ1) is 17.0. The number of hydrogen-bond acceptors (Lipinski definition) is 6. The molecular formula is C20H19N3O5. The topological polar surface area (TPSA) is 99.9 Å². The van der Waals surface area contributed by atoms with E-state index in [1.165, 1.54) is 4.90 Å². The molecule has 1 aromatic heterocycles. The minimum atomic E-state index is -0.646. The number of imide groups is 1. The maximum Gasteiger partial charge on any atom is 0.290 e. The first-order valence-corrected chi connectivity index (χ1v) is 9.45. The Morgan fingerprint density at radius 1 is 1.18 bits per heavy atom. The van der Waals surface area contributed by atoms with E-state index in [0.717, 1.165) is 35.9 Å². The van der Waals surface area contributed by atoms with Crippen molar-refractivity contribution in [3.63, 3.8) is 0 Å². The second-order valence-electron chi connectivity index (χ2n) is 7.62. The molecule has 5 rings (SSSR count). The Hall–Kier alpha value is -3.16. The van der Waals surface area contributed by atoms with E-state index in [-0.39, 0.29) is 29.9 Å². The van der Waals surface area contributed by atoms with E-state index in [1.807, 2.05) is 18.2 Å². The smallest absolute Gasteiger partial charge is 0.290 e. The highest BCUT2D eigenvalue weighted by molar-refractivity contribution is 6.07. The Labute approximate surface area is 160 Å². The maximum absolute atomic E-state index is 12.8. The molecule has 2 fully saturated rings. The number of rotatable bonds is 3. The minimum Gasteiger partial charge on any atom is -0.450 e. The molecular weight excluding hydrogens is 362 g/mol. The van der Waals surface area contributed by atoms with Crippen LogP contribution in [0.3, 0.4) is 0 Å². The summed E-state index contributed by atoms with van der Waals surface area (Å²) in [5.41, 5.74) is 2.38. The zero-order chi connectivity index (χ0) is 19.4. The zero-order valence-electron chi connectivity index (χ0n) is 15.1. The number of benzene rings is 1. The van der Waals surface area contributed by atoms with Crippen molar-refractivity contribution in [2.45, 2.75) is 31.8 Å². The molecule has 144 valence electrons. The monoisotopic (exact) mass is 381 g/mol. The summed E-state index contributed by atoms with van der Waals surface area (Å²) in [7, 11) is 0. The highest BCUT2D eigenvalue weighted by Crippen LogP contribution is 2.37. The van der Waals surface area contributed by atoms with E-state index in [4.69, 9.17) is 4.42 Å². The lowest BCUT2D eigenvalue weighted by Crippen LogP contribution is -2.52. The maximum atomic E-state index is 12.8. The molecule has 1 N–H and O–H groups in total. The Morgan fingerprint density at radius 2 is 2.04 bits per heavy atom. The van der Waals surface area contributed by atoms with Crippen molar-refractivity contribution in [3.8, 4) is 0 Å². The largest absolute Gasteiger partial charge is 0.450 e. The lowest BCUT2D eigenvalue weighted by atomic mass is 10.0. The lowest BCUT2D eigenvalue weighted by molar-refractivity contribution is -0.136. The first-order chi connectivity index (χ1) is 13.5. The van der Waals surface area contributed by atoms with Gasteiger partial charge in [0.1, 0.15) is 17.9 Å². The quantitative estimate of drug-likeness (QED) is 0.634. The summed E-state index contributed by atoms with van der Waals surface area (Å²) in [5.74, 6) is -0.726. The van der Waals surface area contributed by atoms with Crippen LogP contribution in [0.1, 0.15) is 35.4 Å². The van der Waals surface area contributed by atoms with Gasteiger partial charge in [0.2, 0.25) is 11.8 Å². The summed E-state index contributed by atoms with van der Waals surface area (Å²) in [6, 6.07) is 5.17. The number of aldehydes is 1. The van der Waals surface area contributed by atoms with Crippen LogP contribution < -0.4 is 10.2 Å². The average molecular weight is 381 g/mol. The molecule has 1 aromatic carbocycles. The number of fused-ring (bicyclic) bond motifs is 3. The van der Waals surface area contributed by atoms with Crippen LogP contribution in [0.5, 0.6) is 0 Å². The molecule has 0 radical (unpaired) electrons. The summed E-state index contributed by atoms with van der Waals surface area (Å²) in [6.07, 6.45) is 2.40. The number of anilines is 1. The molecule has 0 bridgehead atoms. The summed E-state index contributed by atoms with van der Waals surface area (Å²) in [4.78, 5) is 50.9. The van der Waals surface area contributed by atoms with E-state index in [1.54, 1.807) is 0 Å². The van der Waals surface area contributed by atoms with Gasteiger partial charge >= 0.3 is 0 Å². The molecule has 28 heavy (non-hydrogen) atoms. The van der Waals surface area contributed by atoms with Crippen LogP contribution in [0, 0.1) is 5.92 Å². The average Bonchev–Trinajstić information content (AvgIpc) is 3.37. The minimum absolute atomic E-state index is 0.0564. The predicted molar refractivity (Wildman–Crippen MR) is 98.6 cm³/mol. The number of carbonyl (C=O) groups excluding carboxylic acids is 4. The fraction of sp³-hybridized carbons (Fsp3) is 0.400. The summed E-state index contributed by atoms with van der Waals surface area (Å²) >= 11 is 0. The van der Waals surface area contributed by atoms with Crippen molar-refractivity contribution >= 4 is 40.7 Å². The van der Waals surface area contributed by atoms with Crippen LogP contribution in [0.4, 0.5) is 5.69 Å². The molecule has 4 heterocycles. The molecule has 0 saturated carbocycles. The molecule has 2 saturated heterocycles. The van der Waals surface area contributed by atoms with Crippen molar-refractivity contribution in [2.75, 3.05) is 18.0 Å². The van der Waals surface area contributed by atoms with Gasteiger partial charge in [-0.15, -0.1) is 0 Å². The molecule has 8 heteroatoms. The Kier molecular flexibility index (Phi) is 3.75. The normalized spacial score (nSPS) is 24.8. The molecule has 3 aliphatic rings. The second-order valence-corrected chi connectivity index (χ2v) is 7.62. The molecule has 2 aromatic rings. The van der Waals surface area contributed by atoms with E-state index in [0.29, 0.717) is 25.1 Å². The van der Waals surface area contributed by atoms with Gasteiger partial charge in [-0.05, 0) is 25.0 Å².